The summed E-state index contributed by atoms with van der Waals surface area (Å²) in [6.45, 7) is 4.74. The van der Waals surface area contributed by atoms with Crippen molar-refractivity contribution in [3.05, 3.63) is 22.8 Å². The van der Waals surface area contributed by atoms with Crippen molar-refractivity contribution in [2.45, 2.75) is 58.4 Å². The molecule has 1 heterocycles. The third-order valence-corrected chi connectivity index (χ3v) is 6.17. The van der Waals surface area contributed by atoms with Gasteiger partial charge in [0.2, 0.25) is 0 Å². The van der Waals surface area contributed by atoms with Gasteiger partial charge < -0.3 is 5.73 Å². The molecule has 5 rings (SSSR count). The van der Waals surface area contributed by atoms with Crippen molar-refractivity contribution in [3.63, 3.8) is 0 Å². The van der Waals surface area contributed by atoms with Crippen molar-refractivity contribution in [2.24, 2.45) is 29.4 Å². The van der Waals surface area contributed by atoms with Gasteiger partial charge in [-0.15, -0.1) is 0 Å². The lowest BCUT2D eigenvalue weighted by molar-refractivity contribution is -0.00576. The van der Waals surface area contributed by atoms with Crippen molar-refractivity contribution < 1.29 is 0 Å². The number of aryl methyl sites for hydroxylation is 2. The van der Waals surface area contributed by atoms with Crippen LogP contribution < -0.4 is 5.73 Å². The van der Waals surface area contributed by atoms with Crippen molar-refractivity contribution in [1.82, 2.24) is 9.97 Å². The normalized spacial score (nSPS) is 38.5. The van der Waals surface area contributed by atoms with Gasteiger partial charge in [0.25, 0.3) is 0 Å². The molecule has 4 saturated carbocycles. The number of aromatic nitrogens is 2. The Balaban J connectivity index is 1.71. The first-order chi connectivity index (χ1) is 9.65. The fourth-order valence-electron chi connectivity index (χ4n) is 5.56. The summed E-state index contributed by atoms with van der Waals surface area (Å²) in [6, 6.07) is 0. The molecule has 108 valence electrons. The molecular weight excluding hydrogens is 246 g/mol. The van der Waals surface area contributed by atoms with Crippen LogP contribution in [-0.2, 0) is 6.54 Å². The maximum Gasteiger partial charge on any atom is 0.132 e. The standard InChI is InChI=1S/C17H25N3/c1-9-15(8-18)10(2)20-17(19-9)16-13-4-11-3-12(6-13)7-14(16)5-11/h11-14,16H,3-8,18H2,1-2H3. The van der Waals surface area contributed by atoms with E-state index in [0.717, 1.165) is 46.4 Å². The summed E-state index contributed by atoms with van der Waals surface area (Å²) in [4.78, 5) is 9.72. The monoisotopic (exact) mass is 271 g/mol. The molecule has 0 saturated heterocycles. The molecule has 0 spiro atoms. The minimum Gasteiger partial charge on any atom is -0.326 e. The van der Waals surface area contributed by atoms with Gasteiger partial charge in [-0.1, -0.05) is 0 Å². The van der Waals surface area contributed by atoms with Crippen LogP contribution in [-0.4, -0.2) is 9.97 Å². The smallest absolute Gasteiger partial charge is 0.132 e. The highest BCUT2D eigenvalue weighted by atomic mass is 14.9. The lowest BCUT2D eigenvalue weighted by Crippen LogP contribution is -2.44. The third kappa shape index (κ3) is 1.82. The van der Waals surface area contributed by atoms with E-state index in [4.69, 9.17) is 15.7 Å². The SMILES string of the molecule is Cc1nc(C2C3CC4CC(C3)CC2C4)nc(C)c1CN. The van der Waals surface area contributed by atoms with Gasteiger partial charge in [-0.25, -0.2) is 9.97 Å². The molecule has 4 aliphatic carbocycles. The second-order valence-corrected chi connectivity index (χ2v) is 7.39. The Morgan fingerprint density at radius 1 is 0.900 bits per heavy atom. The molecule has 4 fully saturated rings. The number of nitrogens with two attached hydrogens (primary N) is 1. The van der Waals surface area contributed by atoms with Gasteiger partial charge in [0.1, 0.15) is 5.82 Å². The summed E-state index contributed by atoms with van der Waals surface area (Å²) in [5, 5.41) is 0. The zero-order valence-electron chi connectivity index (χ0n) is 12.6. The molecule has 4 bridgehead atoms. The number of nitrogens with zero attached hydrogens (tertiary/aromatic N) is 2. The summed E-state index contributed by atoms with van der Waals surface area (Å²) in [5.74, 6) is 5.50. The van der Waals surface area contributed by atoms with Crippen LogP contribution in [0.4, 0.5) is 0 Å². The number of rotatable bonds is 2. The molecule has 3 nitrogen and oxygen atoms in total. The van der Waals surface area contributed by atoms with E-state index >= 15 is 0 Å². The van der Waals surface area contributed by atoms with Gasteiger partial charge in [0.15, 0.2) is 0 Å². The fourth-order valence-corrected chi connectivity index (χ4v) is 5.56. The second kappa shape index (κ2) is 4.52. The van der Waals surface area contributed by atoms with Gasteiger partial charge in [-0.05, 0) is 69.6 Å². The quantitative estimate of drug-likeness (QED) is 0.899. The van der Waals surface area contributed by atoms with E-state index in [-0.39, 0.29) is 0 Å². The first-order valence-electron chi connectivity index (χ1n) is 8.19. The average molecular weight is 271 g/mol. The zero-order chi connectivity index (χ0) is 13.9. The molecule has 0 unspecified atom stereocenters. The van der Waals surface area contributed by atoms with Gasteiger partial charge in [-0.2, -0.15) is 0 Å². The maximum absolute atomic E-state index is 5.82. The lowest BCUT2D eigenvalue weighted by Gasteiger charge is -2.53. The Kier molecular flexibility index (Phi) is 2.88. The van der Waals surface area contributed by atoms with Crippen LogP contribution in [0, 0.1) is 37.5 Å². The zero-order valence-corrected chi connectivity index (χ0v) is 12.6. The van der Waals surface area contributed by atoms with Crippen LogP contribution in [0.3, 0.4) is 0 Å². The van der Waals surface area contributed by atoms with E-state index in [9.17, 15) is 0 Å². The molecule has 0 radical (unpaired) electrons. The van der Waals surface area contributed by atoms with Crippen LogP contribution in [0.25, 0.3) is 0 Å². The van der Waals surface area contributed by atoms with Gasteiger partial charge in [0, 0.05) is 29.4 Å². The van der Waals surface area contributed by atoms with E-state index in [1.165, 1.54) is 32.1 Å². The highest BCUT2D eigenvalue weighted by molar-refractivity contribution is 5.26. The maximum atomic E-state index is 5.82. The highest BCUT2D eigenvalue weighted by Crippen LogP contribution is 2.59. The molecule has 1 aromatic heterocycles. The third-order valence-electron chi connectivity index (χ3n) is 6.17. The number of hydrogen-bond donors (Lipinski definition) is 1. The molecule has 20 heavy (non-hydrogen) atoms. The van der Waals surface area contributed by atoms with E-state index in [0.29, 0.717) is 12.5 Å². The van der Waals surface area contributed by atoms with E-state index in [2.05, 4.69) is 13.8 Å². The molecule has 1 aromatic rings. The summed E-state index contributed by atoms with van der Waals surface area (Å²) in [7, 11) is 0. The fraction of sp³-hybridized carbons (Fsp3) is 0.765. The Bertz CT molecular complexity index is 486. The molecule has 0 aromatic carbocycles. The molecule has 0 aliphatic heterocycles. The first kappa shape index (κ1) is 12.8. The minimum atomic E-state index is 0.555. The highest BCUT2D eigenvalue weighted by Gasteiger charge is 2.49. The molecule has 0 atom stereocenters. The molecule has 3 heteroatoms. The van der Waals surface area contributed by atoms with Crippen LogP contribution in [0.1, 0.15) is 60.8 Å². The van der Waals surface area contributed by atoms with Crippen molar-refractivity contribution in [2.75, 3.05) is 0 Å². The van der Waals surface area contributed by atoms with Crippen LogP contribution in [0.5, 0.6) is 0 Å². The van der Waals surface area contributed by atoms with Crippen LogP contribution >= 0.6 is 0 Å². The Morgan fingerprint density at radius 2 is 1.40 bits per heavy atom. The molecule has 0 amide bonds. The molecule has 4 aliphatic rings. The average Bonchev–Trinajstić information content (AvgIpc) is 2.37. The topological polar surface area (TPSA) is 51.8 Å². The van der Waals surface area contributed by atoms with Gasteiger partial charge in [-0.3, -0.25) is 0 Å². The summed E-state index contributed by atoms with van der Waals surface area (Å²) in [5.41, 5.74) is 9.15. The summed E-state index contributed by atoms with van der Waals surface area (Å²) in [6.07, 6.45) is 7.22. The van der Waals surface area contributed by atoms with E-state index in [1.807, 2.05) is 0 Å². The minimum absolute atomic E-state index is 0.555. The van der Waals surface area contributed by atoms with Gasteiger partial charge in [0.05, 0.1) is 0 Å². The summed E-state index contributed by atoms with van der Waals surface area (Å²) >= 11 is 0. The van der Waals surface area contributed by atoms with E-state index < -0.39 is 0 Å². The largest absolute Gasteiger partial charge is 0.326 e. The predicted molar refractivity (Wildman–Crippen MR) is 79.2 cm³/mol. The first-order valence-corrected chi connectivity index (χ1v) is 8.19. The Labute approximate surface area is 121 Å². The molecule has 2 N–H and O–H groups in total. The van der Waals surface area contributed by atoms with E-state index in [1.54, 1.807) is 0 Å². The Morgan fingerprint density at radius 3 is 1.85 bits per heavy atom. The van der Waals surface area contributed by atoms with Crippen molar-refractivity contribution in [3.8, 4) is 0 Å². The Hall–Kier alpha value is -0.960. The van der Waals surface area contributed by atoms with Crippen LogP contribution in [0.2, 0.25) is 0 Å². The van der Waals surface area contributed by atoms with Crippen molar-refractivity contribution >= 4 is 0 Å². The van der Waals surface area contributed by atoms with Crippen molar-refractivity contribution in [1.29, 1.82) is 0 Å². The lowest BCUT2D eigenvalue weighted by atomic mass is 9.51. The van der Waals surface area contributed by atoms with Crippen LogP contribution in [0.15, 0.2) is 0 Å². The number of hydrogen-bond acceptors (Lipinski definition) is 3. The second-order valence-electron chi connectivity index (χ2n) is 7.39. The molecular formula is C17H25N3. The predicted octanol–water partition coefficient (Wildman–Crippen LogP) is 3.09. The summed E-state index contributed by atoms with van der Waals surface area (Å²) < 4.78 is 0. The van der Waals surface area contributed by atoms with Gasteiger partial charge >= 0.3 is 0 Å².